The molecule has 0 unspecified atom stereocenters. The Morgan fingerprint density at radius 2 is 1.60 bits per heavy atom. The third kappa shape index (κ3) is 2.30. The van der Waals surface area contributed by atoms with E-state index in [0.29, 0.717) is 50.5 Å². The maximum Gasteiger partial charge on any atom is 0.262 e. The first-order valence-corrected chi connectivity index (χ1v) is 9.23. The molecule has 0 atom stereocenters. The highest BCUT2D eigenvalue weighted by Gasteiger charge is 2.34. The van der Waals surface area contributed by atoms with Crippen molar-refractivity contribution in [3.05, 3.63) is 27.8 Å². The molecule has 7 heteroatoms. The number of unbranched alkanes of at least 4 members (excludes halogenated alkanes) is 1. The van der Waals surface area contributed by atoms with E-state index in [4.69, 9.17) is 15.9 Å². The summed E-state index contributed by atoms with van der Waals surface area (Å²) < 4.78 is 5.55. The van der Waals surface area contributed by atoms with Crippen LogP contribution in [0.5, 0.6) is 5.75 Å². The zero-order valence-corrected chi connectivity index (χ0v) is 17.0. The molecule has 6 nitrogen and oxygen atoms in total. The van der Waals surface area contributed by atoms with Crippen LogP contribution in [0.25, 0.3) is 10.8 Å². The molecular formula is C18H23N3O3Si. The predicted octanol–water partition coefficient (Wildman–Crippen LogP) is 1.51. The minimum absolute atomic E-state index is 0.351. The lowest BCUT2D eigenvalue weighted by atomic mass is 9.83. The monoisotopic (exact) mass is 357 g/mol. The van der Waals surface area contributed by atoms with Crippen LogP contribution in [0.3, 0.4) is 0 Å². The van der Waals surface area contributed by atoms with Gasteiger partial charge in [-0.15, -0.1) is 0 Å². The Morgan fingerprint density at radius 3 is 2.20 bits per heavy atom. The number of amides is 2. The first-order chi connectivity index (χ1) is 11.8. The average Bonchev–Trinajstić information content (AvgIpc) is 2.57. The molecule has 2 amide bonds. The summed E-state index contributed by atoms with van der Waals surface area (Å²) in [4.78, 5) is 25.2. The van der Waals surface area contributed by atoms with Gasteiger partial charge in [0.2, 0.25) is 10.5 Å². The van der Waals surface area contributed by atoms with Crippen molar-refractivity contribution in [3.63, 3.8) is 0 Å². The molecule has 1 heterocycles. The van der Waals surface area contributed by atoms with Crippen LogP contribution in [0.4, 0.5) is 11.4 Å². The van der Waals surface area contributed by atoms with Crippen LogP contribution in [0.15, 0.2) is 0 Å². The number of nitrogens with two attached hydrogens (primary N) is 2. The number of nitrogen functional groups attached to an aromatic ring is 2. The number of hydrogen-bond acceptors (Lipinski definition) is 5. The zero-order chi connectivity index (χ0) is 18.5. The number of nitrogens with one attached hydrogen (secondary N) is 1. The van der Waals surface area contributed by atoms with Crippen molar-refractivity contribution in [1.82, 2.24) is 5.32 Å². The van der Waals surface area contributed by atoms with E-state index in [9.17, 15) is 9.59 Å². The van der Waals surface area contributed by atoms with Gasteiger partial charge in [-0.3, -0.25) is 14.9 Å². The largest absolute Gasteiger partial charge is 0.551 e. The van der Waals surface area contributed by atoms with Crippen molar-refractivity contribution in [2.24, 2.45) is 0 Å². The van der Waals surface area contributed by atoms with E-state index in [1.807, 2.05) is 13.8 Å². The summed E-state index contributed by atoms with van der Waals surface area (Å²) in [5, 5.41) is 3.84. The van der Waals surface area contributed by atoms with Gasteiger partial charge in [0.1, 0.15) is 5.75 Å². The normalized spacial score (nSPS) is 13.4. The van der Waals surface area contributed by atoms with Gasteiger partial charge in [0, 0.05) is 11.1 Å². The highest BCUT2D eigenvalue weighted by molar-refractivity contribution is 6.30. The van der Waals surface area contributed by atoms with E-state index in [1.165, 1.54) is 0 Å². The van der Waals surface area contributed by atoms with Gasteiger partial charge >= 0.3 is 0 Å². The molecule has 1 aliphatic rings. The molecule has 0 aliphatic carbocycles. The summed E-state index contributed by atoms with van der Waals surface area (Å²) in [5.41, 5.74) is 17.0. The van der Waals surface area contributed by atoms with E-state index in [0.717, 1.165) is 34.9 Å². The first-order valence-electron chi connectivity index (χ1n) is 8.41. The number of imide groups is 1. The topological polar surface area (TPSA) is 107 Å². The SMILES string of the molecule is CCCCc1c(N)c(C)c2c(C)c(N)c(O[SiH3])c3c2c1C(=O)NC3=O. The Hall–Kier alpha value is -2.54. The molecule has 0 saturated carbocycles. The van der Waals surface area contributed by atoms with Crippen LogP contribution < -0.4 is 21.2 Å². The quantitative estimate of drug-likeness (QED) is 0.437. The summed E-state index contributed by atoms with van der Waals surface area (Å²) in [7, 11) is 0.387. The molecule has 0 aromatic heterocycles. The van der Waals surface area contributed by atoms with E-state index in [2.05, 4.69) is 12.2 Å². The summed E-state index contributed by atoms with van der Waals surface area (Å²) in [6.07, 6.45) is 2.59. The molecule has 132 valence electrons. The molecule has 0 saturated heterocycles. The Balaban J connectivity index is 2.59. The Bertz CT molecular complexity index is 938. The van der Waals surface area contributed by atoms with Crippen molar-refractivity contribution in [3.8, 4) is 5.75 Å². The van der Waals surface area contributed by atoms with Crippen LogP contribution >= 0.6 is 0 Å². The molecule has 25 heavy (non-hydrogen) atoms. The van der Waals surface area contributed by atoms with Gasteiger partial charge in [-0.2, -0.15) is 0 Å². The van der Waals surface area contributed by atoms with E-state index in [1.54, 1.807) is 0 Å². The zero-order valence-electron chi connectivity index (χ0n) is 15.0. The van der Waals surface area contributed by atoms with Gasteiger partial charge in [0.05, 0.1) is 16.8 Å². The predicted molar refractivity (Wildman–Crippen MR) is 103 cm³/mol. The smallest absolute Gasteiger partial charge is 0.262 e. The van der Waals surface area contributed by atoms with Gasteiger partial charge in [0.15, 0.2) is 0 Å². The number of anilines is 2. The molecule has 0 bridgehead atoms. The third-order valence-electron chi connectivity index (χ3n) is 5.07. The number of carbonyl (C=O) groups excluding carboxylic acids is 2. The Morgan fingerprint density at radius 1 is 1.00 bits per heavy atom. The highest BCUT2D eigenvalue weighted by atomic mass is 28.2. The molecule has 2 aromatic rings. The molecule has 1 aliphatic heterocycles. The van der Waals surface area contributed by atoms with Gasteiger partial charge < -0.3 is 15.9 Å². The van der Waals surface area contributed by atoms with Gasteiger partial charge in [-0.05, 0) is 48.8 Å². The number of hydrogen-bond donors (Lipinski definition) is 3. The maximum atomic E-state index is 12.7. The van der Waals surface area contributed by atoms with Crippen molar-refractivity contribution in [1.29, 1.82) is 0 Å². The van der Waals surface area contributed by atoms with Crippen molar-refractivity contribution in [2.75, 3.05) is 11.5 Å². The lowest BCUT2D eigenvalue weighted by molar-refractivity contribution is 0.0843. The standard InChI is InChI=1S/C18H23N3O3Si/c1-4-5-6-9-11-12-10(7(2)14(9)19)8(3)15(20)16(24-25)13(12)18(23)21-17(11)22/h4-6,19-20H2,1-3,25H3,(H,21,22,23). The molecule has 0 radical (unpaired) electrons. The summed E-state index contributed by atoms with van der Waals surface area (Å²) in [6, 6.07) is 0. The number of benzene rings is 2. The lowest BCUT2D eigenvalue weighted by Gasteiger charge is -2.27. The summed E-state index contributed by atoms with van der Waals surface area (Å²) in [6.45, 7) is 5.87. The number of carbonyl (C=O) groups is 2. The molecule has 3 rings (SSSR count). The number of rotatable bonds is 4. The highest BCUT2D eigenvalue weighted by Crippen LogP contribution is 2.45. The first kappa shape index (κ1) is 17.3. The number of aryl methyl sites for hydroxylation is 2. The van der Waals surface area contributed by atoms with E-state index in [-0.39, 0.29) is 0 Å². The van der Waals surface area contributed by atoms with E-state index < -0.39 is 11.8 Å². The fourth-order valence-electron chi connectivity index (χ4n) is 3.75. The minimum atomic E-state index is -0.467. The second-order valence-electron chi connectivity index (χ2n) is 6.48. The van der Waals surface area contributed by atoms with Gasteiger partial charge in [0.25, 0.3) is 11.8 Å². The second kappa shape index (κ2) is 6.07. The third-order valence-corrected chi connectivity index (χ3v) is 5.48. The fraction of sp³-hybridized carbons (Fsp3) is 0.333. The molecule has 0 fully saturated rings. The summed E-state index contributed by atoms with van der Waals surface area (Å²) >= 11 is 0. The van der Waals surface area contributed by atoms with Crippen LogP contribution in [0, 0.1) is 13.8 Å². The minimum Gasteiger partial charge on any atom is -0.551 e. The second-order valence-corrected chi connectivity index (χ2v) is 6.88. The van der Waals surface area contributed by atoms with Crippen molar-refractivity contribution >= 4 is 44.4 Å². The molecule has 0 spiro atoms. The van der Waals surface area contributed by atoms with Crippen molar-refractivity contribution in [2.45, 2.75) is 40.0 Å². The lowest BCUT2D eigenvalue weighted by Crippen LogP contribution is -2.36. The summed E-state index contributed by atoms with van der Waals surface area (Å²) in [5.74, 6) is -0.497. The van der Waals surface area contributed by atoms with Crippen LogP contribution in [-0.4, -0.2) is 22.3 Å². The van der Waals surface area contributed by atoms with Crippen LogP contribution in [0.2, 0.25) is 0 Å². The van der Waals surface area contributed by atoms with Crippen LogP contribution in [0.1, 0.15) is 57.2 Å². The maximum absolute atomic E-state index is 12.7. The van der Waals surface area contributed by atoms with E-state index >= 15 is 0 Å². The van der Waals surface area contributed by atoms with Gasteiger partial charge in [-0.1, -0.05) is 13.3 Å². The fourth-order valence-corrected chi connectivity index (χ4v) is 4.18. The van der Waals surface area contributed by atoms with Crippen LogP contribution in [-0.2, 0) is 6.42 Å². The molecular weight excluding hydrogens is 334 g/mol. The average molecular weight is 357 g/mol. The molecule has 5 N–H and O–H groups in total. The Kier molecular flexibility index (Phi) is 4.20. The van der Waals surface area contributed by atoms with Crippen molar-refractivity contribution < 1.29 is 14.0 Å². The van der Waals surface area contributed by atoms with Gasteiger partial charge in [-0.25, -0.2) is 0 Å². The molecule has 2 aromatic carbocycles. The Labute approximate surface area is 149 Å².